The van der Waals surface area contributed by atoms with Crippen LogP contribution in [0.25, 0.3) is 0 Å². The lowest BCUT2D eigenvalue weighted by molar-refractivity contribution is 0.0656. The van der Waals surface area contributed by atoms with Gasteiger partial charge in [0.1, 0.15) is 0 Å². The van der Waals surface area contributed by atoms with Crippen molar-refractivity contribution in [3.8, 4) is 0 Å². The quantitative estimate of drug-likeness (QED) is 0.464. The highest BCUT2D eigenvalue weighted by atomic mass is 15.3. The molecule has 0 aromatic rings. The average Bonchev–Trinajstić information content (AvgIpc) is 3.09. The van der Waals surface area contributed by atoms with E-state index in [4.69, 9.17) is 0 Å². The normalized spacial score (nSPS) is 19.6. The topological polar surface area (TPSA) is 19.4 Å². The molecule has 2 aliphatic rings. The van der Waals surface area contributed by atoms with Crippen LogP contribution in [0.5, 0.6) is 0 Å². The van der Waals surface area contributed by atoms with Crippen molar-refractivity contribution in [2.45, 2.75) is 106 Å². The van der Waals surface area contributed by atoms with Crippen LogP contribution in [-0.4, -0.2) is 147 Å². The number of hydrogen-bond acceptors (Lipinski definition) is 6. The maximum atomic E-state index is 2.50. The molecule has 0 bridgehead atoms. The Kier molecular flexibility index (Phi) is 19.5. The van der Waals surface area contributed by atoms with E-state index in [1.165, 1.54) is 39.1 Å². The van der Waals surface area contributed by atoms with Gasteiger partial charge < -0.3 is 24.5 Å². The lowest BCUT2D eigenvalue weighted by atomic mass is 9.98. The fraction of sp³-hybridized carbons (Fsp3) is 1.00. The van der Waals surface area contributed by atoms with Crippen LogP contribution in [0.1, 0.15) is 83.6 Å². The average molecular weight is 531 g/mol. The molecular formula is C31H74N6. The van der Waals surface area contributed by atoms with Crippen LogP contribution in [0.2, 0.25) is 0 Å². The summed E-state index contributed by atoms with van der Waals surface area (Å²) < 4.78 is 0. The monoisotopic (exact) mass is 531 g/mol. The predicted molar refractivity (Wildman–Crippen MR) is 171 cm³/mol. The summed E-state index contributed by atoms with van der Waals surface area (Å²) in [5.74, 6) is 0.902. The van der Waals surface area contributed by atoms with E-state index in [1.54, 1.807) is 0 Å². The molecule has 6 nitrogen and oxygen atoms in total. The van der Waals surface area contributed by atoms with Crippen molar-refractivity contribution in [2.24, 2.45) is 5.92 Å². The molecule has 0 aliphatic carbocycles. The summed E-state index contributed by atoms with van der Waals surface area (Å²) >= 11 is 0. The largest absolute Gasteiger partial charge is 0.308 e. The lowest BCUT2D eigenvalue weighted by Crippen LogP contribution is -2.51. The van der Waals surface area contributed by atoms with Gasteiger partial charge in [-0.1, -0.05) is 14.9 Å². The minimum absolute atomic E-state index is 0. The molecule has 2 heterocycles. The second kappa shape index (κ2) is 17.5. The van der Waals surface area contributed by atoms with E-state index in [2.05, 4.69) is 141 Å². The van der Waals surface area contributed by atoms with Crippen molar-refractivity contribution in [1.29, 1.82) is 0 Å². The fourth-order valence-corrected chi connectivity index (χ4v) is 4.07. The van der Waals surface area contributed by atoms with E-state index in [9.17, 15) is 0 Å². The minimum Gasteiger partial charge on any atom is -0.308 e. The van der Waals surface area contributed by atoms with Gasteiger partial charge in [0.15, 0.2) is 0 Å². The molecule has 0 amide bonds. The Bertz CT molecular complexity index is 552. The zero-order chi connectivity index (χ0) is 27.8. The van der Waals surface area contributed by atoms with Crippen molar-refractivity contribution >= 4 is 0 Å². The lowest BCUT2D eigenvalue weighted by Gasteiger charge is -2.42. The van der Waals surface area contributed by atoms with Crippen molar-refractivity contribution in [2.75, 3.05) is 95.1 Å². The number of likely N-dealkylation sites (tertiary alicyclic amines) is 2. The Morgan fingerprint density at radius 2 is 1.08 bits per heavy atom. The molecule has 2 aliphatic heterocycles. The van der Waals surface area contributed by atoms with Gasteiger partial charge in [0.05, 0.1) is 0 Å². The first kappa shape index (κ1) is 41.2. The summed E-state index contributed by atoms with van der Waals surface area (Å²) in [6, 6.07) is 0.759. The Balaban J connectivity index is -0.000000457. The van der Waals surface area contributed by atoms with Gasteiger partial charge >= 0.3 is 0 Å². The van der Waals surface area contributed by atoms with Gasteiger partial charge in [0.2, 0.25) is 0 Å². The molecule has 0 aromatic heterocycles. The number of likely N-dealkylation sites (N-methyl/N-ethyl adjacent to an activating group) is 4. The summed E-state index contributed by atoms with van der Waals surface area (Å²) in [6.45, 7) is 28.9. The minimum atomic E-state index is 0. The first-order valence-corrected chi connectivity index (χ1v) is 13.8. The first-order valence-electron chi connectivity index (χ1n) is 13.8. The number of hydrogen-bond donors (Lipinski definition) is 0. The smallest absolute Gasteiger partial charge is 0.0237 e. The molecule has 0 N–H and O–H groups in total. The highest BCUT2D eigenvalue weighted by Crippen LogP contribution is 2.21. The van der Waals surface area contributed by atoms with Crippen molar-refractivity contribution in [3.63, 3.8) is 0 Å². The highest BCUT2D eigenvalue weighted by Gasteiger charge is 2.29. The van der Waals surface area contributed by atoms with E-state index >= 15 is 0 Å². The zero-order valence-electron chi connectivity index (χ0n) is 27.0. The molecule has 37 heavy (non-hydrogen) atoms. The van der Waals surface area contributed by atoms with Crippen LogP contribution < -0.4 is 0 Å². The van der Waals surface area contributed by atoms with E-state index in [0.717, 1.165) is 25.0 Å². The Morgan fingerprint density at radius 1 is 0.622 bits per heavy atom. The van der Waals surface area contributed by atoms with Crippen molar-refractivity contribution in [3.05, 3.63) is 0 Å². The van der Waals surface area contributed by atoms with Crippen LogP contribution in [0.3, 0.4) is 0 Å². The van der Waals surface area contributed by atoms with Gasteiger partial charge in [0, 0.05) is 61.9 Å². The van der Waals surface area contributed by atoms with Gasteiger partial charge in [-0.3, -0.25) is 4.90 Å². The Labute approximate surface area is 236 Å². The molecule has 0 aromatic carbocycles. The van der Waals surface area contributed by atoms with Gasteiger partial charge in [-0.15, -0.1) is 0 Å². The molecule has 228 valence electrons. The second-order valence-electron chi connectivity index (χ2n) is 14.5. The molecule has 0 spiro atoms. The van der Waals surface area contributed by atoms with Crippen LogP contribution in [-0.2, 0) is 0 Å². The van der Waals surface area contributed by atoms with Gasteiger partial charge in [-0.25, -0.2) is 0 Å². The molecule has 2 saturated heterocycles. The van der Waals surface area contributed by atoms with Crippen LogP contribution >= 0.6 is 0 Å². The predicted octanol–water partition coefficient (Wildman–Crippen LogP) is 5.25. The van der Waals surface area contributed by atoms with Crippen molar-refractivity contribution < 1.29 is 0 Å². The third-order valence-electron chi connectivity index (χ3n) is 7.82. The Morgan fingerprint density at radius 3 is 1.38 bits per heavy atom. The summed E-state index contributed by atoms with van der Waals surface area (Å²) in [5, 5.41) is 0. The molecule has 1 unspecified atom stereocenters. The van der Waals surface area contributed by atoms with Gasteiger partial charge in [-0.2, -0.15) is 0 Å². The standard InChI is InChI=1S/2C10H22N2.C9H22N2.2CH4/c1-10(2,3)12(5)8-9-6-11(4)7-9;1-10(2,3)12(5)9-6-7-11(4)8-9;1-9(2,3)11(6)8-7-10(4)5;;/h2*9H,6-8H2,1-5H3;7-8H2,1-6H3;2*1H4. The summed E-state index contributed by atoms with van der Waals surface area (Å²) in [4.78, 5) is 14.3. The third-order valence-corrected chi connectivity index (χ3v) is 7.82. The molecule has 0 radical (unpaired) electrons. The van der Waals surface area contributed by atoms with Crippen LogP contribution in [0, 0.1) is 5.92 Å². The maximum absolute atomic E-state index is 2.50. The number of nitrogens with zero attached hydrogens (tertiary/aromatic N) is 6. The molecule has 2 rings (SSSR count). The van der Waals surface area contributed by atoms with Crippen LogP contribution in [0.15, 0.2) is 0 Å². The second-order valence-corrected chi connectivity index (χ2v) is 14.5. The van der Waals surface area contributed by atoms with E-state index in [-0.39, 0.29) is 14.9 Å². The Hall–Kier alpha value is -0.240. The molecular weight excluding hydrogens is 456 g/mol. The van der Waals surface area contributed by atoms with Crippen LogP contribution in [0.4, 0.5) is 0 Å². The van der Waals surface area contributed by atoms with E-state index in [0.29, 0.717) is 16.6 Å². The first-order chi connectivity index (χ1) is 15.6. The van der Waals surface area contributed by atoms with E-state index in [1.807, 2.05) is 0 Å². The van der Waals surface area contributed by atoms with Gasteiger partial charge in [0.25, 0.3) is 0 Å². The summed E-state index contributed by atoms with van der Waals surface area (Å²) in [5.41, 5.74) is 0.944. The summed E-state index contributed by atoms with van der Waals surface area (Å²) in [7, 11) is 15.2. The fourth-order valence-electron chi connectivity index (χ4n) is 4.07. The molecule has 0 saturated carbocycles. The van der Waals surface area contributed by atoms with Gasteiger partial charge in [-0.05, 0) is 131 Å². The zero-order valence-corrected chi connectivity index (χ0v) is 27.0. The highest BCUT2D eigenvalue weighted by molar-refractivity contribution is 4.86. The number of rotatable bonds is 6. The molecule has 1 atom stereocenters. The molecule has 6 heteroatoms. The van der Waals surface area contributed by atoms with E-state index < -0.39 is 0 Å². The SMILES string of the molecule is C.C.CN(C)CCN(C)C(C)(C)C.CN1CC(CN(C)C(C)(C)C)C1.CN1CCC(N(C)C(C)(C)C)C1. The third kappa shape index (κ3) is 17.9. The van der Waals surface area contributed by atoms with Crippen molar-refractivity contribution in [1.82, 2.24) is 29.4 Å². The molecule has 2 fully saturated rings. The maximum Gasteiger partial charge on any atom is 0.0237 e. The summed E-state index contributed by atoms with van der Waals surface area (Å²) in [6.07, 6.45) is 1.32.